The highest BCUT2D eigenvalue weighted by atomic mass is 16.7. The molecule has 2 aromatic carbocycles. The van der Waals surface area contributed by atoms with Gasteiger partial charge in [0.15, 0.2) is 16.8 Å². The monoisotopic (exact) mass is 448 g/mol. The minimum atomic E-state index is -1.76. The molecule has 7 N–H and O–H groups in total. The van der Waals surface area contributed by atoms with Crippen LogP contribution >= 0.6 is 0 Å². The molecule has 1 aliphatic rings. The molecule has 3 aromatic rings. The average Bonchev–Trinajstić information content (AvgIpc) is 2.77. The second kappa shape index (κ2) is 8.30. The molecule has 170 valence electrons. The van der Waals surface area contributed by atoms with E-state index in [-0.39, 0.29) is 16.9 Å². The van der Waals surface area contributed by atoms with Crippen molar-refractivity contribution in [2.45, 2.75) is 30.7 Å². The molecule has 11 nitrogen and oxygen atoms in total. The largest absolute Gasteiger partial charge is 0.508 e. The number of benzene rings is 2. The van der Waals surface area contributed by atoms with Crippen molar-refractivity contribution in [3.8, 4) is 34.3 Å². The van der Waals surface area contributed by atoms with E-state index in [1.165, 1.54) is 24.3 Å². The van der Waals surface area contributed by atoms with Gasteiger partial charge in [0.2, 0.25) is 12.0 Å². The zero-order valence-electron chi connectivity index (χ0n) is 16.3. The van der Waals surface area contributed by atoms with Crippen molar-refractivity contribution >= 4 is 11.0 Å². The van der Waals surface area contributed by atoms with Gasteiger partial charge in [-0.15, -0.1) is 0 Å². The first-order valence-electron chi connectivity index (χ1n) is 9.50. The van der Waals surface area contributed by atoms with Crippen molar-refractivity contribution in [2.75, 3.05) is 6.61 Å². The molecule has 0 unspecified atom stereocenters. The molecule has 0 saturated carbocycles. The second-order valence-corrected chi connectivity index (χ2v) is 7.28. The molecule has 1 fully saturated rings. The maximum Gasteiger partial charge on any atom is 0.229 e. The van der Waals surface area contributed by atoms with Crippen LogP contribution in [0.4, 0.5) is 0 Å². The third kappa shape index (κ3) is 3.72. The zero-order chi connectivity index (χ0) is 23.2. The molecule has 4 rings (SSSR count). The van der Waals surface area contributed by atoms with Gasteiger partial charge in [-0.05, 0) is 24.3 Å². The van der Waals surface area contributed by atoms with Crippen LogP contribution < -0.4 is 10.2 Å². The molecule has 5 atom stereocenters. The Morgan fingerprint density at radius 3 is 2.28 bits per heavy atom. The average molecular weight is 448 g/mol. The van der Waals surface area contributed by atoms with Crippen LogP contribution in [0.1, 0.15) is 0 Å². The van der Waals surface area contributed by atoms with Crippen LogP contribution in [-0.2, 0) is 4.74 Å². The van der Waals surface area contributed by atoms with Gasteiger partial charge in [0, 0.05) is 17.7 Å². The molecule has 0 aliphatic carbocycles. The number of aliphatic hydroxyl groups is 4. The highest BCUT2D eigenvalue weighted by molar-refractivity contribution is 5.91. The van der Waals surface area contributed by atoms with Gasteiger partial charge in [0.1, 0.15) is 47.1 Å². The molecule has 1 aliphatic heterocycles. The van der Waals surface area contributed by atoms with Crippen LogP contribution in [0, 0.1) is 0 Å². The van der Waals surface area contributed by atoms with Crippen LogP contribution in [0.2, 0.25) is 0 Å². The number of ether oxygens (including phenoxy) is 2. The number of fused-ring (bicyclic) bond motifs is 1. The fourth-order valence-electron chi connectivity index (χ4n) is 3.43. The smallest absolute Gasteiger partial charge is 0.229 e. The third-order valence-corrected chi connectivity index (χ3v) is 5.16. The van der Waals surface area contributed by atoms with E-state index in [0.717, 1.165) is 12.1 Å². The van der Waals surface area contributed by atoms with Gasteiger partial charge in [-0.3, -0.25) is 4.79 Å². The van der Waals surface area contributed by atoms with Crippen LogP contribution in [0.25, 0.3) is 22.3 Å². The van der Waals surface area contributed by atoms with E-state index in [4.69, 9.17) is 13.9 Å². The molecule has 2 heterocycles. The summed E-state index contributed by atoms with van der Waals surface area (Å²) in [7, 11) is 0. The predicted molar refractivity (Wildman–Crippen MR) is 107 cm³/mol. The Balaban J connectivity index is 1.77. The second-order valence-electron chi connectivity index (χ2n) is 7.28. The quantitative estimate of drug-likeness (QED) is 0.261. The van der Waals surface area contributed by atoms with E-state index in [1.54, 1.807) is 0 Å². The van der Waals surface area contributed by atoms with E-state index < -0.39 is 65.6 Å². The summed E-state index contributed by atoms with van der Waals surface area (Å²) in [6.45, 7) is -0.690. The highest BCUT2D eigenvalue weighted by Gasteiger charge is 2.45. The van der Waals surface area contributed by atoms with Gasteiger partial charge < -0.3 is 49.6 Å². The normalized spacial score (nSPS) is 25.7. The molecule has 32 heavy (non-hydrogen) atoms. The van der Waals surface area contributed by atoms with E-state index in [0.29, 0.717) is 5.56 Å². The first kappa shape index (κ1) is 21.9. The molecule has 0 spiro atoms. The standard InChI is InChI=1S/C21H20O11/c22-7-14-16(26)18(28)19(29)21(32-14)31-13-6-11(25)15-10(24)5-12(30-20(15)17(13)27)8-1-3-9(23)4-2-8/h1-6,14,16,18-19,21-23,25-29H,7H2/t14-,16-,18+,19-,21-/m1/s1. The fraction of sp³-hybridized carbons (Fsp3) is 0.286. The Kier molecular flexibility index (Phi) is 5.67. The summed E-state index contributed by atoms with van der Waals surface area (Å²) in [4.78, 5) is 12.6. The minimum Gasteiger partial charge on any atom is -0.508 e. The Bertz CT molecular complexity index is 1190. The van der Waals surface area contributed by atoms with Crippen LogP contribution in [-0.4, -0.2) is 73.1 Å². The molecule has 11 heteroatoms. The summed E-state index contributed by atoms with van der Waals surface area (Å²) in [5.41, 5.74) is -0.678. The first-order valence-corrected chi connectivity index (χ1v) is 9.50. The molecular formula is C21H20O11. The number of aromatic hydroxyl groups is 3. The van der Waals surface area contributed by atoms with Crippen molar-refractivity contribution in [1.29, 1.82) is 0 Å². The Morgan fingerprint density at radius 2 is 1.62 bits per heavy atom. The van der Waals surface area contributed by atoms with Crippen LogP contribution in [0.15, 0.2) is 45.6 Å². The summed E-state index contributed by atoms with van der Waals surface area (Å²) < 4.78 is 16.2. The maximum atomic E-state index is 12.6. The zero-order valence-corrected chi connectivity index (χ0v) is 16.3. The van der Waals surface area contributed by atoms with Gasteiger partial charge in [-0.2, -0.15) is 0 Å². The number of hydrogen-bond donors (Lipinski definition) is 7. The summed E-state index contributed by atoms with van der Waals surface area (Å²) in [5, 5.41) is 69.3. The Labute approximate surface area is 179 Å². The van der Waals surface area contributed by atoms with Crippen molar-refractivity contribution in [3.63, 3.8) is 0 Å². The highest BCUT2D eigenvalue weighted by Crippen LogP contribution is 2.41. The lowest BCUT2D eigenvalue weighted by Gasteiger charge is -2.39. The van der Waals surface area contributed by atoms with Crippen molar-refractivity contribution in [1.82, 2.24) is 0 Å². The number of aliphatic hydroxyl groups excluding tert-OH is 4. The van der Waals surface area contributed by atoms with Crippen molar-refractivity contribution in [3.05, 3.63) is 46.6 Å². The molecule has 0 bridgehead atoms. The molecule has 0 amide bonds. The maximum absolute atomic E-state index is 12.6. The van der Waals surface area contributed by atoms with Crippen LogP contribution in [0.3, 0.4) is 0 Å². The van der Waals surface area contributed by atoms with E-state index >= 15 is 0 Å². The number of hydrogen-bond acceptors (Lipinski definition) is 11. The Morgan fingerprint density at radius 1 is 0.938 bits per heavy atom. The summed E-state index contributed by atoms with van der Waals surface area (Å²) >= 11 is 0. The molecule has 1 aromatic heterocycles. The van der Waals surface area contributed by atoms with E-state index in [9.17, 15) is 40.5 Å². The SMILES string of the molecule is O=c1cc(-c2ccc(O)cc2)oc2c(O)c(O[C@@H]3O[C@H](CO)[C@@H](O)[C@H](O)[C@H]3O)cc(O)c12. The van der Waals surface area contributed by atoms with Crippen molar-refractivity contribution < 1.29 is 49.6 Å². The first-order chi connectivity index (χ1) is 15.2. The summed E-state index contributed by atoms with van der Waals surface area (Å²) in [6.07, 6.45) is -7.99. The third-order valence-electron chi connectivity index (χ3n) is 5.16. The molecule has 1 saturated heterocycles. The van der Waals surface area contributed by atoms with Crippen molar-refractivity contribution in [2.24, 2.45) is 0 Å². The van der Waals surface area contributed by atoms with Gasteiger partial charge in [0.05, 0.1) is 6.61 Å². The predicted octanol–water partition coefficient (Wildman–Crippen LogP) is -0.245. The fourth-order valence-corrected chi connectivity index (χ4v) is 3.43. The minimum absolute atomic E-state index is 0.00686. The van der Waals surface area contributed by atoms with Crippen LogP contribution in [0.5, 0.6) is 23.0 Å². The number of phenolic OH excluding ortho intramolecular Hbond substituents is 3. The topological polar surface area (TPSA) is 190 Å². The summed E-state index contributed by atoms with van der Waals surface area (Å²) in [6, 6.07) is 7.70. The summed E-state index contributed by atoms with van der Waals surface area (Å²) in [5.74, 6) is -1.73. The van der Waals surface area contributed by atoms with E-state index in [1.807, 2.05) is 0 Å². The lowest BCUT2D eigenvalue weighted by atomic mass is 9.99. The lowest BCUT2D eigenvalue weighted by molar-refractivity contribution is -0.277. The molecule has 0 radical (unpaired) electrons. The van der Waals surface area contributed by atoms with Gasteiger partial charge in [-0.1, -0.05) is 0 Å². The van der Waals surface area contributed by atoms with E-state index in [2.05, 4.69) is 0 Å². The van der Waals surface area contributed by atoms with Gasteiger partial charge in [0.25, 0.3) is 0 Å². The lowest BCUT2D eigenvalue weighted by Crippen LogP contribution is -2.60. The van der Waals surface area contributed by atoms with Gasteiger partial charge >= 0.3 is 0 Å². The number of phenols is 3. The number of rotatable bonds is 4. The Hall–Kier alpha value is -3.35. The molecular weight excluding hydrogens is 428 g/mol. The van der Waals surface area contributed by atoms with Gasteiger partial charge in [-0.25, -0.2) is 0 Å².